The quantitative estimate of drug-likeness (QED) is 0.657. The highest BCUT2D eigenvalue weighted by atomic mass is 16.5. The topological polar surface area (TPSA) is 55.8 Å². The van der Waals surface area contributed by atoms with E-state index in [1.165, 1.54) is 13.2 Å². The van der Waals surface area contributed by atoms with E-state index in [0.29, 0.717) is 16.9 Å². The number of methoxy groups -OCH3 is 1. The molecule has 0 fully saturated rings. The molecule has 0 saturated carbocycles. The lowest BCUT2D eigenvalue weighted by Gasteiger charge is -2.04. The van der Waals surface area contributed by atoms with Crippen LogP contribution in [0.4, 0.5) is 0 Å². The average Bonchev–Trinajstić information content (AvgIpc) is 2.51. The van der Waals surface area contributed by atoms with Gasteiger partial charge < -0.3 is 14.6 Å². The van der Waals surface area contributed by atoms with Crippen LogP contribution in [0.2, 0.25) is 0 Å². The standard InChI is InChI=1S/C9H8O4/c1-12-7-3-2-6(10)5-4-13-9(11)8(5)7/h2-3,10H,4H2,1H3. The molecule has 0 radical (unpaired) electrons. The van der Waals surface area contributed by atoms with E-state index in [-0.39, 0.29) is 12.4 Å². The second-order valence-electron chi connectivity index (χ2n) is 2.72. The van der Waals surface area contributed by atoms with Gasteiger partial charge in [0, 0.05) is 5.56 Å². The third-order valence-electron chi connectivity index (χ3n) is 2.02. The van der Waals surface area contributed by atoms with Crippen molar-refractivity contribution in [3.63, 3.8) is 0 Å². The average molecular weight is 180 g/mol. The maximum Gasteiger partial charge on any atom is 0.342 e. The molecule has 68 valence electrons. The van der Waals surface area contributed by atoms with E-state index in [1.807, 2.05) is 0 Å². The Kier molecular flexibility index (Phi) is 1.62. The van der Waals surface area contributed by atoms with Crippen LogP contribution in [0.3, 0.4) is 0 Å². The lowest BCUT2D eigenvalue weighted by molar-refractivity contribution is 0.0532. The molecule has 1 aromatic rings. The number of ether oxygens (including phenoxy) is 2. The lowest BCUT2D eigenvalue weighted by Crippen LogP contribution is -1.97. The lowest BCUT2D eigenvalue weighted by atomic mass is 10.1. The predicted molar refractivity (Wildman–Crippen MR) is 43.8 cm³/mol. The van der Waals surface area contributed by atoms with Crippen LogP contribution in [0.25, 0.3) is 0 Å². The van der Waals surface area contributed by atoms with Crippen LogP contribution in [-0.2, 0) is 11.3 Å². The van der Waals surface area contributed by atoms with Crippen molar-refractivity contribution in [2.24, 2.45) is 0 Å². The molecular weight excluding hydrogens is 172 g/mol. The highest BCUT2D eigenvalue weighted by Gasteiger charge is 2.28. The van der Waals surface area contributed by atoms with Crippen LogP contribution < -0.4 is 4.74 Å². The number of fused-ring (bicyclic) bond motifs is 1. The third kappa shape index (κ3) is 1.02. The van der Waals surface area contributed by atoms with Crippen molar-refractivity contribution in [1.82, 2.24) is 0 Å². The van der Waals surface area contributed by atoms with E-state index in [1.54, 1.807) is 6.07 Å². The van der Waals surface area contributed by atoms with Gasteiger partial charge in [0.25, 0.3) is 0 Å². The molecule has 1 aromatic carbocycles. The minimum atomic E-state index is -0.442. The predicted octanol–water partition coefficient (Wildman–Crippen LogP) is 1.07. The van der Waals surface area contributed by atoms with E-state index in [2.05, 4.69) is 0 Å². The fraction of sp³-hybridized carbons (Fsp3) is 0.222. The number of carbonyl (C=O) groups is 1. The smallest absolute Gasteiger partial charge is 0.342 e. The van der Waals surface area contributed by atoms with Crippen molar-refractivity contribution in [2.45, 2.75) is 6.61 Å². The molecule has 1 N–H and O–H groups in total. The Balaban J connectivity index is 2.66. The molecule has 0 aromatic heterocycles. The Bertz CT molecular complexity index is 370. The number of cyclic esters (lactones) is 1. The van der Waals surface area contributed by atoms with Gasteiger partial charge in [0.1, 0.15) is 23.7 Å². The second kappa shape index (κ2) is 2.65. The van der Waals surface area contributed by atoms with Gasteiger partial charge in [-0.05, 0) is 12.1 Å². The van der Waals surface area contributed by atoms with Gasteiger partial charge in [-0.1, -0.05) is 0 Å². The van der Waals surface area contributed by atoms with Crippen molar-refractivity contribution in [2.75, 3.05) is 7.11 Å². The summed E-state index contributed by atoms with van der Waals surface area (Å²) in [7, 11) is 1.47. The molecule has 2 rings (SSSR count). The molecule has 0 aliphatic carbocycles. The molecule has 4 heteroatoms. The number of phenols is 1. The van der Waals surface area contributed by atoms with Crippen LogP contribution in [0.1, 0.15) is 15.9 Å². The van der Waals surface area contributed by atoms with Gasteiger partial charge in [0.15, 0.2) is 0 Å². The van der Waals surface area contributed by atoms with E-state index < -0.39 is 5.97 Å². The number of benzene rings is 1. The number of hydrogen-bond donors (Lipinski definition) is 1. The Hall–Kier alpha value is -1.71. The Labute approximate surface area is 74.7 Å². The van der Waals surface area contributed by atoms with Crippen LogP contribution in [-0.4, -0.2) is 18.2 Å². The number of esters is 1. The molecule has 0 saturated heterocycles. The van der Waals surface area contributed by atoms with E-state index in [9.17, 15) is 9.90 Å². The molecular formula is C9H8O4. The van der Waals surface area contributed by atoms with Crippen LogP contribution in [0.5, 0.6) is 11.5 Å². The SMILES string of the molecule is COc1ccc(O)c2c1C(=O)OC2. The summed E-state index contributed by atoms with van der Waals surface area (Å²) in [6, 6.07) is 3.03. The monoisotopic (exact) mass is 180 g/mol. The molecule has 0 spiro atoms. The summed E-state index contributed by atoms with van der Waals surface area (Å²) >= 11 is 0. The molecule has 0 unspecified atom stereocenters. The second-order valence-corrected chi connectivity index (χ2v) is 2.72. The van der Waals surface area contributed by atoms with Crippen LogP contribution in [0.15, 0.2) is 12.1 Å². The normalized spacial score (nSPS) is 13.8. The molecule has 0 bridgehead atoms. The van der Waals surface area contributed by atoms with Gasteiger partial charge >= 0.3 is 5.97 Å². The van der Waals surface area contributed by atoms with Gasteiger partial charge in [-0.25, -0.2) is 4.79 Å². The van der Waals surface area contributed by atoms with Gasteiger partial charge in [-0.15, -0.1) is 0 Å². The fourth-order valence-corrected chi connectivity index (χ4v) is 1.37. The van der Waals surface area contributed by atoms with Crippen LogP contribution in [0, 0.1) is 0 Å². The zero-order chi connectivity index (χ0) is 9.42. The number of rotatable bonds is 1. The summed E-state index contributed by atoms with van der Waals surface area (Å²) in [5, 5.41) is 9.38. The van der Waals surface area contributed by atoms with Gasteiger partial charge in [0.05, 0.1) is 7.11 Å². The summed E-state index contributed by atoms with van der Waals surface area (Å²) in [6.45, 7) is 0.122. The van der Waals surface area contributed by atoms with Gasteiger partial charge in [-0.2, -0.15) is 0 Å². The zero-order valence-electron chi connectivity index (χ0n) is 7.03. The van der Waals surface area contributed by atoms with Gasteiger partial charge in [-0.3, -0.25) is 0 Å². The first-order valence-electron chi connectivity index (χ1n) is 3.80. The first-order chi connectivity index (χ1) is 6.24. The molecule has 13 heavy (non-hydrogen) atoms. The van der Waals surface area contributed by atoms with E-state index in [4.69, 9.17) is 9.47 Å². The van der Waals surface area contributed by atoms with Crippen molar-refractivity contribution < 1.29 is 19.4 Å². The summed E-state index contributed by atoms with van der Waals surface area (Å²) in [4.78, 5) is 11.2. The molecule has 0 amide bonds. The molecule has 4 nitrogen and oxygen atoms in total. The number of phenolic OH excluding ortho intramolecular Hbond substituents is 1. The number of aromatic hydroxyl groups is 1. The minimum Gasteiger partial charge on any atom is -0.508 e. The fourth-order valence-electron chi connectivity index (χ4n) is 1.37. The molecule has 0 atom stereocenters. The molecule has 1 heterocycles. The van der Waals surface area contributed by atoms with Crippen molar-refractivity contribution in [3.05, 3.63) is 23.3 Å². The highest BCUT2D eigenvalue weighted by Crippen LogP contribution is 2.34. The van der Waals surface area contributed by atoms with Crippen molar-refractivity contribution in [1.29, 1.82) is 0 Å². The molecule has 1 aliphatic rings. The Morgan fingerprint density at radius 3 is 3.00 bits per heavy atom. The first kappa shape index (κ1) is 7.91. The highest BCUT2D eigenvalue weighted by molar-refractivity contribution is 5.97. The minimum absolute atomic E-state index is 0.0710. The van der Waals surface area contributed by atoms with E-state index in [0.717, 1.165) is 0 Å². The third-order valence-corrected chi connectivity index (χ3v) is 2.02. The summed E-state index contributed by atoms with van der Waals surface area (Å²) < 4.78 is 9.74. The van der Waals surface area contributed by atoms with Gasteiger partial charge in [0.2, 0.25) is 0 Å². The Morgan fingerprint density at radius 1 is 1.54 bits per heavy atom. The van der Waals surface area contributed by atoms with Crippen LogP contribution >= 0.6 is 0 Å². The maximum atomic E-state index is 11.2. The van der Waals surface area contributed by atoms with E-state index >= 15 is 0 Å². The first-order valence-corrected chi connectivity index (χ1v) is 3.80. The number of carbonyl (C=O) groups excluding carboxylic acids is 1. The summed E-state index contributed by atoms with van der Waals surface area (Å²) in [5.41, 5.74) is 0.840. The number of hydrogen-bond acceptors (Lipinski definition) is 4. The van der Waals surface area contributed by atoms with Crippen molar-refractivity contribution >= 4 is 5.97 Å². The largest absolute Gasteiger partial charge is 0.508 e. The maximum absolute atomic E-state index is 11.2. The summed E-state index contributed by atoms with van der Waals surface area (Å²) in [5.74, 6) is 0.0692. The zero-order valence-corrected chi connectivity index (χ0v) is 7.03. The summed E-state index contributed by atoms with van der Waals surface area (Å²) in [6.07, 6.45) is 0. The molecule has 1 aliphatic heterocycles. The Morgan fingerprint density at radius 2 is 2.31 bits per heavy atom. The van der Waals surface area contributed by atoms with Crippen molar-refractivity contribution in [3.8, 4) is 11.5 Å².